The van der Waals surface area contributed by atoms with Gasteiger partial charge in [-0.05, 0) is 49.8 Å². The summed E-state index contributed by atoms with van der Waals surface area (Å²) in [7, 11) is 1.49. The van der Waals surface area contributed by atoms with Crippen LogP contribution in [0.4, 0.5) is 18.0 Å². The quantitative estimate of drug-likeness (QED) is 0.652. The summed E-state index contributed by atoms with van der Waals surface area (Å²) in [5.74, 6) is -1.10. The number of methoxy groups -OCH3 is 1. The van der Waals surface area contributed by atoms with Crippen LogP contribution in [-0.2, 0) is 26.1 Å². The molecule has 0 aromatic heterocycles. The van der Waals surface area contributed by atoms with Gasteiger partial charge in [-0.1, -0.05) is 12.1 Å². The number of hydrogen-bond donors (Lipinski definition) is 2. The topological polar surface area (TPSA) is 99.2 Å². The van der Waals surface area contributed by atoms with Crippen LogP contribution in [-0.4, -0.2) is 72.1 Å². The van der Waals surface area contributed by atoms with E-state index in [1.54, 1.807) is 4.90 Å². The number of imide groups is 1. The smallest absolute Gasteiger partial charge is 0.385 e. The number of carbonyl (C=O) groups is 3. The first-order valence-electron chi connectivity index (χ1n) is 11.8. The molecule has 1 aromatic rings. The number of alkyl halides is 3. The van der Waals surface area contributed by atoms with Crippen LogP contribution in [0.5, 0.6) is 0 Å². The fourth-order valence-electron chi connectivity index (χ4n) is 5.41. The molecule has 4 amide bonds. The maximum absolute atomic E-state index is 13.2. The third kappa shape index (κ3) is 5.16. The number of piperidine rings is 1. The number of fused-ring (bicyclic) bond motifs is 1. The number of nitrogens with one attached hydrogen (secondary N) is 1. The third-order valence-electron chi connectivity index (χ3n) is 7.49. The van der Waals surface area contributed by atoms with Gasteiger partial charge in [0.15, 0.2) is 0 Å². The molecule has 4 rings (SSSR count). The van der Waals surface area contributed by atoms with E-state index < -0.39 is 29.4 Å². The van der Waals surface area contributed by atoms with Crippen LogP contribution in [0.25, 0.3) is 0 Å². The van der Waals surface area contributed by atoms with E-state index in [2.05, 4.69) is 5.32 Å². The van der Waals surface area contributed by atoms with Gasteiger partial charge < -0.3 is 20.1 Å². The Kier molecular flexibility index (Phi) is 7.10. The average Bonchev–Trinajstić information content (AvgIpc) is 2.83. The van der Waals surface area contributed by atoms with Crippen molar-refractivity contribution in [1.82, 2.24) is 15.1 Å². The normalized spacial score (nSPS) is 26.8. The largest absolute Gasteiger partial charge is 0.416 e. The number of ether oxygens (including phenoxy) is 1. The first kappa shape index (κ1) is 25.4. The number of halogens is 3. The molecule has 2 heterocycles. The molecule has 2 aliphatic heterocycles. The maximum atomic E-state index is 13.2. The van der Waals surface area contributed by atoms with E-state index in [9.17, 15) is 32.7 Å². The lowest BCUT2D eigenvalue weighted by molar-refractivity contribution is -0.145. The zero-order valence-electron chi connectivity index (χ0n) is 19.5. The summed E-state index contributed by atoms with van der Waals surface area (Å²) in [4.78, 5) is 41.1. The Labute approximate surface area is 201 Å². The fourth-order valence-corrected chi connectivity index (χ4v) is 5.41. The average molecular weight is 498 g/mol. The van der Waals surface area contributed by atoms with Gasteiger partial charge in [-0.3, -0.25) is 14.5 Å². The summed E-state index contributed by atoms with van der Waals surface area (Å²) in [6, 6.07) is 3.80. The van der Waals surface area contributed by atoms with Crippen LogP contribution in [0.1, 0.15) is 43.2 Å². The second-order valence-electron chi connectivity index (χ2n) is 9.59. The minimum atomic E-state index is -4.50. The standard InChI is InChI=1S/C24H30F3N3O5/c1-35-12-11-30-21(32)18-6-5-15(13-19(18)28-22(30)33)20(31)29-9-7-23(34,8-10-29)16-3-2-4-17(14-16)24(25,26)27/h2-4,14-15,18-19,34H,5-13H2,1H3,(H,28,33). The number of amides is 4. The van der Waals surface area contributed by atoms with Gasteiger partial charge >= 0.3 is 12.2 Å². The van der Waals surface area contributed by atoms with Crippen LogP contribution < -0.4 is 5.32 Å². The molecule has 2 N–H and O–H groups in total. The zero-order valence-corrected chi connectivity index (χ0v) is 19.5. The SMILES string of the molecule is COCCN1C(=O)NC2CC(C(=O)N3CCC(O)(c4cccc(C(F)(F)F)c4)CC3)CCC2C1=O. The molecule has 3 unspecified atom stereocenters. The molecule has 3 aliphatic rings. The Morgan fingerprint density at radius 3 is 2.60 bits per heavy atom. The van der Waals surface area contributed by atoms with Gasteiger partial charge in [0, 0.05) is 32.2 Å². The van der Waals surface area contributed by atoms with Crippen LogP contribution >= 0.6 is 0 Å². The third-order valence-corrected chi connectivity index (χ3v) is 7.49. The molecule has 8 nitrogen and oxygen atoms in total. The second kappa shape index (κ2) is 9.77. The van der Waals surface area contributed by atoms with Gasteiger partial charge in [0.05, 0.1) is 30.2 Å². The number of urea groups is 1. The Balaban J connectivity index is 1.36. The van der Waals surface area contributed by atoms with E-state index in [1.807, 2.05) is 0 Å². The van der Waals surface area contributed by atoms with Crippen molar-refractivity contribution in [2.45, 2.75) is 49.9 Å². The van der Waals surface area contributed by atoms with Gasteiger partial charge in [0.2, 0.25) is 11.8 Å². The summed E-state index contributed by atoms with van der Waals surface area (Å²) in [5.41, 5.74) is -2.06. The van der Waals surface area contributed by atoms with Crippen LogP contribution in [0.15, 0.2) is 24.3 Å². The summed E-state index contributed by atoms with van der Waals surface area (Å²) in [5, 5.41) is 13.9. The molecule has 0 radical (unpaired) electrons. The predicted molar refractivity (Wildman–Crippen MR) is 118 cm³/mol. The van der Waals surface area contributed by atoms with Crippen LogP contribution in [0, 0.1) is 11.8 Å². The molecule has 1 saturated carbocycles. The molecule has 0 bridgehead atoms. The number of hydrogen-bond acceptors (Lipinski definition) is 5. The lowest BCUT2D eigenvalue weighted by Gasteiger charge is -2.44. The highest BCUT2D eigenvalue weighted by Gasteiger charge is 2.46. The number of rotatable bonds is 5. The molecule has 3 fully saturated rings. The molecule has 35 heavy (non-hydrogen) atoms. The lowest BCUT2D eigenvalue weighted by atomic mass is 9.75. The lowest BCUT2D eigenvalue weighted by Crippen LogP contribution is -2.62. The van der Waals surface area contributed by atoms with E-state index in [-0.39, 0.29) is 68.3 Å². The van der Waals surface area contributed by atoms with Gasteiger partial charge in [-0.25, -0.2) is 4.79 Å². The fraction of sp³-hybridized carbons (Fsp3) is 0.625. The van der Waals surface area contributed by atoms with Crippen molar-refractivity contribution in [3.8, 4) is 0 Å². The summed E-state index contributed by atoms with van der Waals surface area (Å²) >= 11 is 0. The molecular formula is C24H30F3N3O5. The van der Waals surface area contributed by atoms with E-state index in [1.165, 1.54) is 19.2 Å². The van der Waals surface area contributed by atoms with Crippen molar-refractivity contribution >= 4 is 17.8 Å². The number of benzene rings is 1. The molecule has 192 valence electrons. The molecule has 1 aromatic carbocycles. The van der Waals surface area contributed by atoms with Crippen molar-refractivity contribution in [2.24, 2.45) is 11.8 Å². The Morgan fingerprint density at radius 2 is 1.94 bits per heavy atom. The number of nitrogens with zero attached hydrogens (tertiary/aromatic N) is 2. The van der Waals surface area contributed by atoms with Crippen molar-refractivity contribution < 1.29 is 37.4 Å². The highest BCUT2D eigenvalue weighted by molar-refractivity contribution is 5.99. The highest BCUT2D eigenvalue weighted by Crippen LogP contribution is 2.38. The van der Waals surface area contributed by atoms with Crippen LogP contribution in [0.3, 0.4) is 0 Å². The Hall–Kier alpha value is -2.66. The van der Waals surface area contributed by atoms with Crippen molar-refractivity contribution in [3.63, 3.8) is 0 Å². The molecule has 0 spiro atoms. The van der Waals surface area contributed by atoms with Gasteiger partial charge in [-0.15, -0.1) is 0 Å². The Bertz CT molecular complexity index is 977. The van der Waals surface area contributed by atoms with Gasteiger partial charge in [0.1, 0.15) is 0 Å². The maximum Gasteiger partial charge on any atom is 0.416 e. The number of likely N-dealkylation sites (tertiary alicyclic amines) is 1. The van der Waals surface area contributed by atoms with Gasteiger partial charge in [-0.2, -0.15) is 13.2 Å². The van der Waals surface area contributed by atoms with E-state index in [0.29, 0.717) is 19.3 Å². The van der Waals surface area contributed by atoms with E-state index in [0.717, 1.165) is 17.0 Å². The van der Waals surface area contributed by atoms with Crippen molar-refractivity contribution in [1.29, 1.82) is 0 Å². The van der Waals surface area contributed by atoms with Crippen LogP contribution in [0.2, 0.25) is 0 Å². The second-order valence-corrected chi connectivity index (χ2v) is 9.59. The predicted octanol–water partition coefficient (Wildman–Crippen LogP) is 2.50. The molecule has 1 aliphatic carbocycles. The van der Waals surface area contributed by atoms with E-state index >= 15 is 0 Å². The summed E-state index contributed by atoms with van der Waals surface area (Å²) < 4.78 is 44.2. The minimum Gasteiger partial charge on any atom is -0.385 e. The molecular weight excluding hydrogens is 467 g/mol. The monoisotopic (exact) mass is 497 g/mol. The van der Waals surface area contributed by atoms with Crippen molar-refractivity contribution in [3.05, 3.63) is 35.4 Å². The minimum absolute atomic E-state index is 0.113. The van der Waals surface area contributed by atoms with Gasteiger partial charge in [0.25, 0.3) is 0 Å². The van der Waals surface area contributed by atoms with Crippen molar-refractivity contribution in [2.75, 3.05) is 33.4 Å². The number of carbonyl (C=O) groups excluding carboxylic acids is 3. The highest BCUT2D eigenvalue weighted by atomic mass is 19.4. The molecule has 3 atom stereocenters. The summed E-state index contributed by atoms with van der Waals surface area (Å²) in [6.07, 6.45) is -2.91. The first-order valence-corrected chi connectivity index (χ1v) is 11.8. The molecule has 2 saturated heterocycles. The number of aliphatic hydroxyl groups is 1. The summed E-state index contributed by atoms with van der Waals surface area (Å²) in [6.45, 7) is 0.854. The Morgan fingerprint density at radius 1 is 1.23 bits per heavy atom. The zero-order chi connectivity index (χ0) is 25.4. The first-order chi connectivity index (χ1) is 16.5. The van der Waals surface area contributed by atoms with E-state index in [4.69, 9.17) is 4.74 Å². The molecule has 11 heteroatoms.